The molecule has 3 unspecified atom stereocenters. The Balaban J connectivity index is 1.78. The van der Waals surface area contributed by atoms with E-state index < -0.39 is 6.10 Å². The van der Waals surface area contributed by atoms with Crippen LogP contribution < -0.4 is 0 Å². The van der Waals surface area contributed by atoms with Gasteiger partial charge in [-0.3, -0.25) is 0 Å². The van der Waals surface area contributed by atoms with Crippen molar-refractivity contribution in [3.05, 3.63) is 71.8 Å². The molecule has 29 heavy (non-hydrogen) atoms. The zero-order valence-corrected chi connectivity index (χ0v) is 16.2. The summed E-state index contributed by atoms with van der Waals surface area (Å²) in [6, 6.07) is 19.5. The van der Waals surface area contributed by atoms with Crippen molar-refractivity contribution in [1.29, 1.82) is 0 Å². The summed E-state index contributed by atoms with van der Waals surface area (Å²) in [6.07, 6.45) is -0.284. The van der Waals surface area contributed by atoms with E-state index in [1.54, 1.807) is 0 Å². The number of esters is 1. The highest BCUT2D eigenvalue weighted by Gasteiger charge is 2.29. The van der Waals surface area contributed by atoms with Gasteiger partial charge in [0.15, 0.2) is 0 Å². The molecule has 1 aromatic carbocycles. The minimum absolute atomic E-state index is 0.120. The molecule has 2 aliphatic carbocycles. The number of carbonyl (C=O) groups excluding carboxylic acids is 1. The highest BCUT2D eigenvalue weighted by Crippen LogP contribution is 2.39. The van der Waals surface area contributed by atoms with Crippen molar-refractivity contribution in [1.82, 2.24) is 0 Å². The number of benzene rings is 1. The molecular weight excluding hydrogens is 368 g/mol. The fourth-order valence-electron chi connectivity index (χ4n) is 4.07. The van der Waals surface area contributed by atoms with Crippen LogP contribution in [0.4, 0.5) is 0 Å². The van der Waals surface area contributed by atoms with E-state index >= 15 is 0 Å². The van der Waals surface area contributed by atoms with Gasteiger partial charge in [-0.15, -0.1) is 0 Å². The second-order valence-electron chi connectivity index (χ2n) is 7.38. The second-order valence-corrected chi connectivity index (χ2v) is 7.38. The summed E-state index contributed by atoms with van der Waals surface area (Å²) < 4.78 is 11.0. The van der Waals surface area contributed by atoms with Crippen molar-refractivity contribution in [2.75, 3.05) is 13.7 Å². The number of ether oxygens (including phenoxy) is 2. The van der Waals surface area contributed by atoms with Crippen LogP contribution >= 0.6 is 0 Å². The van der Waals surface area contributed by atoms with Crippen LogP contribution in [0.1, 0.15) is 34.9 Å². The number of carbonyl (C=O) groups is 1. The Morgan fingerprint density at radius 1 is 1.03 bits per heavy atom. The van der Waals surface area contributed by atoms with Crippen molar-refractivity contribution in [2.24, 2.45) is 0 Å². The van der Waals surface area contributed by atoms with E-state index in [0.717, 1.165) is 27.8 Å². The maximum atomic E-state index is 12.6. The fraction of sp³-hybridized carbons (Fsp3) is 0.292. The van der Waals surface area contributed by atoms with Crippen molar-refractivity contribution < 1.29 is 24.5 Å². The SMILES string of the molecule is COC(=O)c1c2cccccc-2cc1-c1cccc(C2CC(O)CC(CO)O2)c1. The number of methoxy groups -OCH3 is 1. The van der Waals surface area contributed by atoms with Crippen LogP contribution in [-0.4, -0.2) is 42.1 Å². The van der Waals surface area contributed by atoms with Crippen LogP contribution in [0.15, 0.2) is 60.7 Å². The van der Waals surface area contributed by atoms with E-state index in [1.165, 1.54) is 7.11 Å². The average molecular weight is 392 g/mol. The molecule has 3 atom stereocenters. The Morgan fingerprint density at radius 2 is 1.79 bits per heavy atom. The molecule has 2 N–H and O–H groups in total. The molecule has 150 valence electrons. The molecule has 0 amide bonds. The summed E-state index contributed by atoms with van der Waals surface area (Å²) in [5.74, 6) is -0.378. The second kappa shape index (κ2) is 8.33. The minimum atomic E-state index is -0.512. The lowest BCUT2D eigenvalue weighted by Crippen LogP contribution is -2.33. The van der Waals surface area contributed by atoms with Gasteiger partial charge in [-0.1, -0.05) is 48.5 Å². The first-order valence-electron chi connectivity index (χ1n) is 9.75. The van der Waals surface area contributed by atoms with E-state index in [1.807, 2.05) is 60.7 Å². The molecule has 1 heterocycles. The molecule has 0 radical (unpaired) electrons. The predicted octanol–water partition coefficient (Wildman–Crippen LogP) is 3.82. The van der Waals surface area contributed by atoms with Gasteiger partial charge in [-0.2, -0.15) is 0 Å². The number of fused-ring (bicyclic) bond motifs is 1. The summed E-state index contributed by atoms with van der Waals surface area (Å²) in [7, 11) is 1.39. The number of aliphatic hydroxyl groups excluding tert-OH is 2. The van der Waals surface area contributed by atoms with Gasteiger partial charge >= 0.3 is 5.97 Å². The van der Waals surface area contributed by atoms with Gasteiger partial charge in [0.25, 0.3) is 0 Å². The number of hydrogen-bond donors (Lipinski definition) is 2. The predicted molar refractivity (Wildman–Crippen MR) is 110 cm³/mol. The summed E-state index contributed by atoms with van der Waals surface area (Å²) in [6.45, 7) is -0.120. The molecule has 4 rings (SSSR count). The molecule has 1 aliphatic heterocycles. The lowest BCUT2D eigenvalue weighted by Gasteiger charge is -2.32. The summed E-state index contributed by atoms with van der Waals surface area (Å²) in [5.41, 5.74) is 4.92. The van der Waals surface area contributed by atoms with Gasteiger partial charge in [-0.25, -0.2) is 4.79 Å². The molecule has 1 aromatic rings. The smallest absolute Gasteiger partial charge is 0.339 e. The quantitative estimate of drug-likeness (QED) is 0.660. The van der Waals surface area contributed by atoms with Gasteiger partial charge in [0.05, 0.1) is 37.6 Å². The van der Waals surface area contributed by atoms with Crippen molar-refractivity contribution in [2.45, 2.75) is 31.2 Å². The van der Waals surface area contributed by atoms with Gasteiger partial charge < -0.3 is 19.7 Å². The standard InChI is InChI=1S/C24H24O5/c1-28-24(27)23-20-9-4-2-3-6-16(20)11-21(23)15-7-5-8-17(10-15)22-13-18(26)12-19(14-25)29-22/h2-11,18-19,22,25-26H,12-14H2,1H3. The third-order valence-electron chi connectivity index (χ3n) is 5.45. The highest BCUT2D eigenvalue weighted by molar-refractivity contribution is 6.06. The monoisotopic (exact) mass is 392 g/mol. The largest absolute Gasteiger partial charge is 0.465 e. The third-order valence-corrected chi connectivity index (χ3v) is 5.45. The lowest BCUT2D eigenvalue weighted by molar-refractivity contribution is -0.113. The van der Waals surface area contributed by atoms with E-state index in [9.17, 15) is 15.0 Å². The topological polar surface area (TPSA) is 76.0 Å². The highest BCUT2D eigenvalue weighted by atomic mass is 16.5. The maximum absolute atomic E-state index is 12.6. The van der Waals surface area contributed by atoms with Crippen LogP contribution in [0.5, 0.6) is 0 Å². The van der Waals surface area contributed by atoms with Crippen molar-refractivity contribution in [3.8, 4) is 22.3 Å². The Morgan fingerprint density at radius 3 is 2.59 bits per heavy atom. The van der Waals surface area contributed by atoms with Crippen LogP contribution in [0.25, 0.3) is 22.3 Å². The number of hydrogen-bond acceptors (Lipinski definition) is 5. The molecule has 0 spiro atoms. The molecule has 5 heteroatoms. The van der Waals surface area contributed by atoms with E-state index in [0.29, 0.717) is 18.4 Å². The van der Waals surface area contributed by atoms with Crippen LogP contribution in [0.3, 0.4) is 0 Å². The molecule has 1 saturated heterocycles. The van der Waals surface area contributed by atoms with Gasteiger partial charge in [0, 0.05) is 12.8 Å². The van der Waals surface area contributed by atoms with Crippen molar-refractivity contribution in [3.63, 3.8) is 0 Å². The maximum Gasteiger partial charge on any atom is 0.339 e. The first kappa shape index (κ1) is 19.6. The average Bonchev–Trinajstić information content (AvgIpc) is 2.95. The molecule has 1 fully saturated rings. The Kier molecular flexibility index (Phi) is 5.62. The summed E-state index contributed by atoms with van der Waals surface area (Å²) in [5, 5.41) is 19.6. The molecule has 0 bridgehead atoms. The summed E-state index contributed by atoms with van der Waals surface area (Å²) in [4.78, 5) is 12.6. The molecule has 5 nitrogen and oxygen atoms in total. The zero-order valence-electron chi connectivity index (χ0n) is 16.2. The molecule has 3 aliphatic rings. The van der Waals surface area contributed by atoms with Crippen LogP contribution in [0, 0.1) is 0 Å². The van der Waals surface area contributed by atoms with Gasteiger partial charge in [-0.05, 0) is 39.9 Å². The molecule has 0 saturated carbocycles. The van der Waals surface area contributed by atoms with Crippen molar-refractivity contribution >= 4 is 5.97 Å². The molecular formula is C24H24O5. The Bertz CT molecular complexity index is 983. The normalized spacial score (nSPS) is 21.8. The Hall–Kier alpha value is -2.73. The van der Waals surface area contributed by atoms with Gasteiger partial charge in [0.2, 0.25) is 0 Å². The zero-order chi connectivity index (χ0) is 20.4. The fourth-order valence-corrected chi connectivity index (χ4v) is 4.07. The van der Waals surface area contributed by atoms with E-state index in [2.05, 4.69) is 0 Å². The van der Waals surface area contributed by atoms with E-state index in [4.69, 9.17) is 9.47 Å². The minimum Gasteiger partial charge on any atom is -0.465 e. The molecule has 0 aromatic heterocycles. The first-order chi connectivity index (χ1) is 14.1. The Labute approximate surface area is 169 Å². The number of rotatable bonds is 4. The third kappa shape index (κ3) is 3.90. The van der Waals surface area contributed by atoms with Gasteiger partial charge in [0.1, 0.15) is 0 Å². The van der Waals surface area contributed by atoms with E-state index in [-0.39, 0.29) is 24.8 Å². The lowest BCUT2D eigenvalue weighted by atomic mass is 9.93. The number of aliphatic hydroxyl groups is 2. The first-order valence-corrected chi connectivity index (χ1v) is 9.75. The summed E-state index contributed by atoms with van der Waals surface area (Å²) >= 11 is 0. The van der Waals surface area contributed by atoms with Crippen LogP contribution in [0.2, 0.25) is 0 Å². The van der Waals surface area contributed by atoms with Crippen LogP contribution in [-0.2, 0) is 9.47 Å².